The SMILES string of the molecule is Cl.c1ccc(OCCN2CCC(NCC3CC3)CC2)cc1. The van der Waals surface area contributed by atoms with Gasteiger partial charge in [0.1, 0.15) is 12.4 Å². The fourth-order valence-electron chi connectivity index (χ4n) is 2.83. The van der Waals surface area contributed by atoms with Gasteiger partial charge in [0.05, 0.1) is 0 Å². The second-order valence-electron chi connectivity index (χ2n) is 6.13. The number of piperidine rings is 1. The number of benzene rings is 1. The molecule has 0 amide bonds. The Morgan fingerprint density at radius 3 is 2.43 bits per heavy atom. The van der Waals surface area contributed by atoms with Crippen LogP contribution in [0.4, 0.5) is 0 Å². The van der Waals surface area contributed by atoms with E-state index in [1.165, 1.54) is 45.3 Å². The number of rotatable bonds is 7. The molecule has 1 aromatic carbocycles. The van der Waals surface area contributed by atoms with Crippen LogP contribution in [-0.2, 0) is 0 Å². The van der Waals surface area contributed by atoms with Crippen molar-refractivity contribution in [2.24, 2.45) is 5.92 Å². The maximum atomic E-state index is 5.77. The van der Waals surface area contributed by atoms with Gasteiger partial charge in [-0.2, -0.15) is 0 Å². The first-order valence-corrected chi connectivity index (χ1v) is 8.04. The van der Waals surface area contributed by atoms with Gasteiger partial charge >= 0.3 is 0 Å². The summed E-state index contributed by atoms with van der Waals surface area (Å²) in [5.41, 5.74) is 0. The predicted molar refractivity (Wildman–Crippen MR) is 89.4 cm³/mol. The van der Waals surface area contributed by atoms with Gasteiger partial charge in [-0.25, -0.2) is 0 Å². The summed E-state index contributed by atoms with van der Waals surface area (Å²) in [4.78, 5) is 2.53. The third-order valence-corrected chi connectivity index (χ3v) is 4.40. The molecular formula is C17H27ClN2O. The standard InChI is InChI=1S/C17H26N2O.ClH/c1-2-4-17(5-3-1)20-13-12-19-10-8-16(9-11-19)18-14-15-6-7-15;/h1-5,15-16,18H,6-14H2;1H. The number of halogens is 1. The number of hydrogen-bond acceptors (Lipinski definition) is 3. The summed E-state index contributed by atoms with van der Waals surface area (Å²) >= 11 is 0. The topological polar surface area (TPSA) is 24.5 Å². The fraction of sp³-hybridized carbons (Fsp3) is 0.647. The van der Waals surface area contributed by atoms with Gasteiger partial charge < -0.3 is 10.1 Å². The van der Waals surface area contributed by atoms with Crippen molar-refractivity contribution in [3.8, 4) is 5.75 Å². The molecule has 3 nitrogen and oxygen atoms in total. The van der Waals surface area contributed by atoms with Crippen LogP contribution in [0, 0.1) is 5.92 Å². The van der Waals surface area contributed by atoms with Crippen LogP contribution in [0.3, 0.4) is 0 Å². The average Bonchev–Trinajstić information content (AvgIpc) is 3.32. The molecule has 2 aliphatic rings. The number of ether oxygens (including phenoxy) is 1. The lowest BCUT2D eigenvalue weighted by molar-refractivity contribution is 0.164. The lowest BCUT2D eigenvalue weighted by Crippen LogP contribution is -2.44. The maximum absolute atomic E-state index is 5.77. The molecule has 1 saturated heterocycles. The summed E-state index contributed by atoms with van der Waals surface area (Å²) in [7, 11) is 0. The Labute approximate surface area is 134 Å². The normalized spacial score (nSPS) is 20.0. The molecule has 1 aromatic rings. The highest BCUT2D eigenvalue weighted by atomic mass is 35.5. The zero-order chi connectivity index (χ0) is 13.6. The predicted octanol–water partition coefficient (Wildman–Crippen LogP) is 2.95. The van der Waals surface area contributed by atoms with Gasteiger partial charge in [0.25, 0.3) is 0 Å². The van der Waals surface area contributed by atoms with Crippen molar-refractivity contribution >= 4 is 12.4 Å². The van der Waals surface area contributed by atoms with Gasteiger partial charge in [0.15, 0.2) is 0 Å². The number of likely N-dealkylation sites (tertiary alicyclic amines) is 1. The molecule has 1 aliphatic carbocycles. The van der Waals surface area contributed by atoms with Crippen molar-refractivity contribution in [3.63, 3.8) is 0 Å². The zero-order valence-corrected chi connectivity index (χ0v) is 13.5. The molecule has 0 spiro atoms. The van der Waals surface area contributed by atoms with Crippen LogP contribution in [0.2, 0.25) is 0 Å². The second-order valence-corrected chi connectivity index (χ2v) is 6.13. The van der Waals surface area contributed by atoms with Crippen molar-refractivity contribution in [3.05, 3.63) is 30.3 Å². The second kappa shape index (κ2) is 8.62. The van der Waals surface area contributed by atoms with E-state index >= 15 is 0 Å². The number of nitrogens with zero attached hydrogens (tertiary/aromatic N) is 1. The van der Waals surface area contributed by atoms with E-state index in [1.807, 2.05) is 30.3 Å². The summed E-state index contributed by atoms with van der Waals surface area (Å²) in [6.45, 7) is 5.51. The first kappa shape index (κ1) is 16.6. The molecule has 0 bridgehead atoms. The van der Waals surface area contributed by atoms with Gasteiger partial charge in [-0.15, -0.1) is 12.4 Å². The Hall–Kier alpha value is -0.770. The highest BCUT2D eigenvalue weighted by Crippen LogP contribution is 2.28. The Morgan fingerprint density at radius 2 is 1.76 bits per heavy atom. The molecule has 3 rings (SSSR count). The van der Waals surface area contributed by atoms with Crippen molar-refractivity contribution in [2.45, 2.75) is 31.7 Å². The minimum atomic E-state index is 0. The van der Waals surface area contributed by atoms with Crippen molar-refractivity contribution in [1.29, 1.82) is 0 Å². The lowest BCUT2D eigenvalue weighted by atomic mass is 10.0. The van der Waals surface area contributed by atoms with Crippen LogP contribution in [0.25, 0.3) is 0 Å². The third-order valence-electron chi connectivity index (χ3n) is 4.40. The Bertz CT molecular complexity index is 389. The van der Waals surface area contributed by atoms with Crippen LogP contribution in [0.1, 0.15) is 25.7 Å². The molecule has 118 valence electrons. The first-order chi connectivity index (χ1) is 9.90. The van der Waals surface area contributed by atoms with E-state index in [2.05, 4.69) is 10.2 Å². The smallest absolute Gasteiger partial charge is 0.119 e. The lowest BCUT2D eigenvalue weighted by Gasteiger charge is -2.32. The van der Waals surface area contributed by atoms with Crippen LogP contribution in [0.5, 0.6) is 5.75 Å². The monoisotopic (exact) mass is 310 g/mol. The minimum Gasteiger partial charge on any atom is -0.492 e. The van der Waals surface area contributed by atoms with E-state index in [4.69, 9.17) is 4.74 Å². The molecule has 4 heteroatoms. The van der Waals surface area contributed by atoms with E-state index in [9.17, 15) is 0 Å². The fourth-order valence-corrected chi connectivity index (χ4v) is 2.83. The summed E-state index contributed by atoms with van der Waals surface area (Å²) in [5.74, 6) is 1.97. The summed E-state index contributed by atoms with van der Waals surface area (Å²) in [6.07, 6.45) is 5.47. The molecule has 1 heterocycles. The van der Waals surface area contributed by atoms with Gasteiger partial charge in [-0.3, -0.25) is 4.90 Å². The molecule has 21 heavy (non-hydrogen) atoms. The molecule has 0 radical (unpaired) electrons. The molecule has 0 unspecified atom stereocenters. The van der Waals surface area contributed by atoms with Gasteiger partial charge in [-0.1, -0.05) is 18.2 Å². The van der Waals surface area contributed by atoms with E-state index in [0.29, 0.717) is 0 Å². The highest BCUT2D eigenvalue weighted by Gasteiger charge is 2.24. The number of para-hydroxylation sites is 1. The average molecular weight is 311 g/mol. The molecule has 2 fully saturated rings. The first-order valence-electron chi connectivity index (χ1n) is 8.04. The van der Waals surface area contributed by atoms with Gasteiger partial charge in [-0.05, 0) is 63.4 Å². The Balaban J connectivity index is 0.00000161. The molecule has 0 aromatic heterocycles. The summed E-state index contributed by atoms with van der Waals surface area (Å²) in [5, 5.41) is 3.73. The van der Waals surface area contributed by atoms with Crippen molar-refractivity contribution in [1.82, 2.24) is 10.2 Å². The molecule has 1 aliphatic heterocycles. The molecule has 1 N–H and O–H groups in total. The van der Waals surface area contributed by atoms with Gasteiger partial charge in [0, 0.05) is 12.6 Å². The van der Waals surface area contributed by atoms with Crippen LogP contribution in [0.15, 0.2) is 30.3 Å². The van der Waals surface area contributed by atoms with Crippen LogP contribution < -0.4 is 10.1 Å². The van der Waals surface area contributed by atoms with E-state index in [0.717, 1.165) is 30.9 Å². The van der Waals surface area contributed by atoms with Crippen LogP contribution >= 0.6 is 12.4 Å². The quantitative estimate of drug-likeness (QED) is 0.838. The Morgan fingerprint density at radius 1 is 1.05 bits per heavy atom. The highest BCUT2D eigenvalue weighted by molar-refractivity contribution is 5.85. The van der Waals surface area contributed by atoms with Crippen molar-refractivity contribution < 1.29 is 4.74 Å². The third kappa shape index (κ3) is 5.85. The van der Waals surface area contributed by atoms with Gasteiger partial charge in [0.2, 0.25) is 0 Å². The number of hydrogen-bond donors (Lipinski definition) is 1. The molecule has 0 atom stereocenters. The zero-order valence-electron chi connectivity index (χ0n) is 12.7. The summed E-state index contributed by atoms with van der Waals surface area (Å²) < 4.78 is 5.77. The van der Waals surface area contributed by atoms with Crippen molar-refractivity contribution in [2.75, 3.05) is 32.8 Å². The largest absolute Gasteiger partial charge is 0.492 e. The molecule has 1 saturated carbocycles. The number of nitrogens with one attached hydrogen (secondary N) is 1. The maximum Gasteiger partial charge on any atom is 0.119 e. The summed E-state index contributed by atoms with van der Waals surface area (Å²) in [6, 6.07) is 10.9. The minimum absolute atomic E-state index is 0. The van der Waals surface area contributed by atoms with E-state index in [1.54, 1.807) is 0 Å². The van der Waals surface area contributed by atoms with E-state index in [-0.39, 0.29) is 12.4 Å². The molecular weight excluding hydrogens is 284 g/mol. The van der Waals surface area contributed by atoms with Crippen LogP contribution in [-0.4, -0.2) is 43.7 Å². The van der Waals surface area contributed by atoms with E-state index < -0.39 is 0 Å². The Kier molecular flexibility index (Phi) is 6.81.